The van der Waals surface area contributed by atoms with Gasteiger partial charge < -0.3 is 4.90 Å². The fourth-order valence-corrected chi connectivity index (χ4v) is 1.51. The van der Waals surface area contributed by atoms with Crippen LogP contribution < -0.4 is 0 Å². The van der Waals surface area contributed by atoms with Crippen LogP contribution in [-0.4, -0.2) is 35.1 Å². The van der Waals surface area contributed by atoms with Gasteiger partial charge in [-0.1, -0.05) is 0 Å². The standard InChI is InChI=1S/C13H11F3N4O/c14-13(15,16)4-7-20(6-1-5-17)12(21)11-3-2-10(8-18)9-19-11/h2-3,9H,1,4,6-7H2. The molecule has 1 aromatic rings. The van der Waals surface area contributed by atoms with E-state index >= 15 is 0 Å². The van der Waals surface area contributed by atoms with Crippen LogP contribution in [0.15, 0.2) is 18.3 Å². The number of nitrogens with zero attached hydrogens (tertiary/aromatic N) is 4. The number of pyridine rings is 1. The van der Waals surface area contributed by atoms with E-state index in [0.29, 0.717) is 0 Å². The summed E-state index contributed by atoms with van der Waals surface area (Å²) in [5.41, 5.74) is 0.180. The third-order valence-corrected chi connectivity index (χ3v) is 2.56. The number of carbonyl (C=O) groups excluding carboxylic acids is 1. The first-order valence-corrected chi connectivity index (χ1v) is 5.96. The molecule has 0 saturated heterocycles. The normalized spacial score (nSPS) is 10.5. The quantitative estimate of drug-likeness (QED) is 0.834. The van der Waals surface area contributed by atoms with Crippen LogP contribution in [0.1, 0.15) is 28.9 Å². The van der Waals surface area contributed by atoms with E-state index in [1.165, 1.54) is 18.3 Å². The molecule has 1 heterocycles. The van der Waals surface area contributed by atoms with E-state index < -0.39 is 25.0 Å². The number of amides is 1. The van der Waals surface area contributed by atoms with Crippen LogP contribution >= 0.6 is 0 Å². The zero-order valence-corrected chi connectivity index (χ0v) is 10.9. The Morgan fingerprint density at radius 1 is 1.29 bits per heavy atom. The summed E-state index contributed by atoms with van der Waals surface area (Å²) in [4.78, 5) is 16.8. The van der Waals surface area contributed by atoms with Crippen LogP contribution in [0, 0.1) is 22.7 Å². The maximum atomic E-state index is 12.2. The average Bonchev–Trinajstić information content (AvgIpc) is 2.46. The number of carbonyl (C=O) groups is 1. The summed E-state index contributed by atoms with van der Waals surface area (Å²) in [6.07, 6.45) is -4.44. The second-order valence-electron chi connectivity index (χ2n) is 4.11. The van der Waals surface area contributed by atoms with Crippen molar-refractivity contribution in [2.45, 2.75) is 19.0 Å². The van der Waals surface area contributed by atoms with Gasteiger partial charge >= 0.3 is 6.18 Å². The second-order valence-corrected chi connectivity index (χ2v) is 4.11. The van der Waals surface area contributed by atoms with Crippen molar-refractivity contribution in [2.24, 2.45) is 0 Å². The molecule has 0 radical (unpaired) electrons. The lowest BCUT2D eigenvalue weighted by Gasteiger charge is -2.21. The van der Waals surface area contributed by atoms with Crippen molar-refractivity contribution in [3.8, 4) is 12.1 Å². The summed E-state index contributed by atoms with van der Waals surface area (Å²) in [5.74, 6) is -0.695. The monoisotopic (exact) mass is 296 g/mol. The van der Waals surface area contributed by atoms with E-state index in [4.69, 9.17) is 10.5 Å². The number of nitriles is 2. The summed E-state index contributed by atoms with van der Waals surface area (Å²) in [7, 11) is 0. The number of alkyl halides is 3. The Labute approximate surface area is 119 Å². The van der Waals surface area contributed by atoms with Gasteiger partial charge in [-0.2, -0.15) is 23.7 Å². The Balaban J connectivity index is 2.83. The highest BCUT2D eigenvalue weighted by Crippen LogP contribution is 2.20. The van der Waals surface area contributed by atoms with E-state index in [-0.39, 0.29) is 24.2 Å². The molecule has 0 unspecified atom stereocenters. The third kappa shape index (κ3) is 5.49. The largest absolute Gasteiger partial charge is 0.390 e. The van der Waals surface area contributed by atoms with Gasteiger partial charge in [0.15, 0.2) is 0 Å². The summed E-state index contributed by atoms with van der Waals surface area (Å²) in [6, 6.07) is 6.23. The molecule has 21 heavy (non-hydrogen) atoms. The lowest BCUT2D eigenvalue weighted by atomic mass is 10.2. The molecule has 1 aromatic heterocycles. The maximum absolute atomic E-state index is 12.2. The number of halogens is 3. The first-order chi connectivity index (χ1) is 9.87. The molecule has 110 valence electrons. The molecule has 0 aliphatic heterocycles. The van der Waals surface area contributed by atoms with Gasteiger partial charge in [0.2, 0.25) is 0 Å². The van der Waals surface area contributed by atoms with Crippen molar-refractivity contribution >= 4 is 5.91 Å². The average molecular weight is 296 g/mol. The molecule has 0 spiro atoms. The molecule has 0 aliphatic carbocycles. The molecule has 0 bridgehead atoms. The summed E-state index contributed by atoms with van der Waals surface area (Å²) >= 11 is 0. The van der Waals surface area contributed by atoms with Crippen molar-refractivity contribution in [1.82, 2.24) is 9.88 Å². The SMILES string of the molecule is N#CCCN(CCC(F)(F)F)C(=O)c1ccc(C#N)cn1. The topological polar surface area (TPSA) is 80.8 Å². The number of hydrogen-bond acceptors (Lipinski definition) is 4. The Kier molecular flexibility index (Phi) is 5.67. The zero-order chi connectivity index (χ0) is 15.9. The molecule has 0 aromatic carbocycles. The molecule has 0 aliphatic rings. The van der Waals surface area contributed by atoms with Gasteiger partial charge in [-0.3, -0.25) is 4.79 Å². The van der Waals surface area contributed by atoms with E-state index in [0.717, 1.165) is 4.90 Å². The molecule has 0 atom stereocenters. The van der Waals surface area contributed by atoms with Crippen LogP contribution in [0.4, 0.5) is 13.2 Å². The molecule has 1 rings (SSSR count). The van der Waals surface area contributed by atoms with E-state index in [9.17, 15) is 18.0 Å². The molecule has 0 saturated carbocycles. The van der Waals surface area contributed by atoms with Gasteiger partial charge in [-0.25, -0.2) is 4.98 Å². The first-order valence-electron chi connectivity index (χ1n) is 5.96. The third-order valence-electron chi connectivity index (χ3n) is 2.56. The van der Waals surface area contributed by atoms with Crippen LogP contribution in [0.25, 0.3) is 0 Å². The van der Waals surface area contributed by atoms with Crippen molar-refractivity contribution < 1.29 is 18.0 Å². The fraction of sp³-hybridized carbons (Fsp3) is 0.385. The van der Waals surface area contributed by atoms with Gasteiger partial charge in [0.1, 0.15) is 11.8 Å². The lowest BCUT2D eigenvalue weighted by molar-refractivity contribution is -0.136. The molecule has 1 amide bonds. The summed E-state index contributed by atoms with van der Waals surface area (Å²) in [5, 5.41) is 17.1. The van der Waals surface area contributed by atoms with E-state index in [1.54, 1.807) is 6.07 Å². The van der Waals surface area contributed by atoms with Gasteiger partial charge in [0.25, 0.3) is 5.91 Å². The number of rotatable bonds is 5. The predicted octanol–water partition coefficient (Wildman–Crippen LogP) is 2.26. The van der Waals surface area contributed by atoms with Gasteiger partial charge in [-0.05, 0) is 12.1 Å². The van der Waals surface area contributed by atoms with Gasteiger partial charge in [0.05, 0.1) is 24.5 Å². The van der Waals surface area contributed by atoms with Crippen molar-refractivity contribution in [3.05, 3.63) is 29.6 Å². The van der Waals surface area contributed by atoms with Crippen molar-refractivity contribution in [1.29, 1.82) is 10.5 Å². The Bertz CT molecular complexity index is 569. The predicted molar refractivity (Wildman–Crippen MR) is 65.8 cm³/mol. The summed E-state index contributed by atoms with van der Waals surface area (Å²) < 4.78 is 36.7. The van der Waals surface area contributed by atoms with Gasteiger partial charge in [-0.15, -0.1) is 0 Å². The highest BCUT2D eigenvalue weighted by Gasteiger charge is 2.29. The Morgan fingerprint density at radius 3 is 2.48 bits per heavy atom. The van der Waals surface area contributed by atoms with Crippen LogP contribution in [-0.2, 0) is 0 Å². The van der Waals surface area contributed by atoms with E-state index in [2.05, 4.69) is 4.98 Å². The van der Waals surface area contributed by atoms with Crippen LogP contribution in [0.5, 0.6) is 0 Å². The zero-order valence-electron chi connectivity index (χ0n) is 10.9. The highest BCUT2D eigenvalue weighted by molar-refractivity contribution is 5.92. The first kappa shape index (κ1) is 16.4. The van der Waals surface area contributed by atoms with Crippen LogP contribution in [0.3, 0.4) is 0 Å². The van der Waals surface area contributed by atoms with Gasteiger partial charge in [0, 0.05) is 19.3 Å². The second kappa shape index (κ2) is 7.25. The molecular weight excluding hydrogens is 285 g/mol. The van der Waals surface area contributed by atoms with Crippen molar-refractivity contribution in [3.63, 3.8) is 0 Å². The minimum Gasteiger partial charge on any atom is -0.336 e. The molecule has 0 fully saturated rings. The number of aromatic nitrogens is 1. The summed E-state index contributed by atoms with van der Waals surface area (Å²) in [6.45, 7) is -0.640. The lowest BCUT2D eigenvalue weighted by Crippen LogP contribution is -2.35. The Hall–Kier alpha value is -2.61. The minimum absolute atomic E-state index is 0.0610. The molecule has 5 nitrogen and oxygen atoms in total. The minimum atomic E-state index is -4.39. The molecule has 8 heteroatoms. The maximum Gasteiger partial charge on any atom is 0.390 e. The Morgan fingerprint density at radius 2 is 2.00 bits per heavy atom. The fourth-order valence-electron chi connectivity index (χ4n) is 1.51. The van der Waals surface area contributed by atoms with Crippen LogP contribution in [0.2, 0.25) is 0 Å². The molecular formula is C13H11F3N4O. The smallest absolute Gasteiger partial charge is 0.336 e. The molecule has 0 N–H and O–H groups in total. The van der Waals surface area contributed by atoms with E-state index in [1.807, 2.05) is 6.07 Å². The van der Waals surface area contributed by atoms with Crippen molar-refractivity contribution in [2.75, 3.05) is 13.1 Å². The highest BCUT2D eigenvalue weighted by atomic mass is 19.4. The number of hydrogen-bond donors (Lipinski definition) is 0.